The zero-order valence-corrected chi connectivity index (χ0v) is 9.83. The Labute approximate surface area is 104 Å². The number of carboxylic acids is 1. The van der Waals surface area contributed by atoms with Gasteiger partial charge in [-0.15, -0.1) is 0 Å². The van der Waals surface area contributed by atoms with Crippen LogP contribution in [0.1, 0.15) is 5.56 Å². The third-order valence-corrected chi connectivity index (χ3v) is 2.41. The van der Waals surface area contributed by atoms with Crippen molar-refractivity contribution >= 4 is 5.97 Å². The number of para-hydroxylation sites is 1. The molecule has 0 fully saturated rings. The molecule has 0 aliphatic heterocycles. The molecular weight excluding hydrogens is 232 g/mol. The van der Waals surface area contributed by atoms with E-state index in [4.69, 9.17) is 9.84 Å². The first-order valence-electron chi connectivity index (χ1n) is 5.37. The number of nitrogens with zero attached hydrogens (tertiary/aromatic N) is 2. The lowest BCUT2D eigenvalue weighted by Crippen LogP contribution is -2.02. The molecule has 0 bridgehead atoms. The summed E-state index contributed by atoms with van der Waals surface area (Å²) >= 11 is 0. The van der Waals surface area contributed by atoms with Gasteiger partial charge in [0, 0.05) is 12.4 Å². The summed E-state index contributed by atoms with van der Waals surface area (Å²) in [5.41, 5.74) is 1.35. The van der Waals surface area contributed by atoms with Crippen LogP contribution < -0.4 is 4.74 Å². The minimum Gasteiger partial charge on any atom is -0.496 e. The van der Waals surface area contributed by atoms with Crippen molar-refractivity contribution in [2.75, 3.05) is 7.11 Å². The summed E-state index contributed by atoms with van der Waals surface area (Å²) in [6, 6.07) is 7.41. The van der Waals surface area contributed by atoms with Gasteiger partial charge in [-0.2, -0.15) is 0 Å². The van der Waals surface area contributed by atoms with E-state index in [0.29, 0.717) is 17.1 Å². The molecule has 0 unspecified atom stereocenters. The van der Waals surface area contributed by atoms with E-state index >= 15 is 0 Å². The molecule has 1 N–H and O–H groups in total. The first-order chi connectivity index (χ1) is 8.70. The van der Waals surface area contributed by atoms with Gasteiger partial charge in [-0.1, -0.05) is 12.1 Å². The Morgan fingerprint density at radius 3 is 2.56 bits per heavy atom. The van der Waals surface area contributed by atoms with Crippen LogP contribution in [0.15, 0.2) is 36.7 Å². The number of hydrogen-bond acceptors (Lipinski definition) is 4. The maximum atomic E-state index is 10.5. The Balaban J connectivity index is 2.31. The molecule has 0 saturated carbocycles. The van der Waals surface area contributed by atoms with Gasteiger partial charge in [0.15, 0.2) is 5.82 Å². The van der Waals surface area contributed by atoms with Gasteiger partial charge in [-0.05, 0) is 17.7 Å². The van der Waals surface area contributed by atoms with Gasteiger partial charge < -0.3 is 9.84 Å². The molecule has 0 saturated heterocycles. The standard InChI is InChI=1S/C13H12N2O3/c1-18-11-5-3-2-4-10(11)13-14-7-9(8-15-13)6-12(16)17/h2-5,7-8H,6H2,1H3,(H,16,17). The second kappa shape index (κ2) is 5.27. The largest absolute Gasteiger partial charge is 0.496 e. The van der Waals surface area contributed by atoms with Gasteiger partial charge in [-0.25, -0.2) is 9.97 Å². The van der Waals surface area contributed by atoms with E-state index < -0.39 is 5.97 Å². The van der Waals surface area contributed by atoms with Crippen LogP contribution in [-0.4, -0.2) is 28.2 Å². The average molecular weight is 244 g/mol. The lowest BCUT2D eigenvalue weighted by molar-refractivity contribution is -0.136. The molecular formula is C13H12N2O3. The SMILES string of the molecule is COc1ccccc1-c1ncc(CC(=O)O)cn1. The molecule has 0 aliphatic carbocycles. The lowest BCUT2D eigenvalue weighted by atomic mass is 10.2. The van der Waals surface area contributed by atoms with Crippen LogP contribution in [-0.2, 0) is 11.2 Å². The van der Waals surface area contributed by atoms with Gasteiger partial charge in [0.2, 0.25) is 0 Å². The van der Waals surface area contributed by atoms with Crippen molar-refractivity contribution in [2.45, 2.75) is 6.42 Å². The number of ether oxygens (including phenoxy) is 1. The second-order valence-corrected chi connectivity index (χ2v) is 3.69. The molecule has 5 nitrogen and oxygen atoms in total. The van der Waals surface area contributed by atoms with Crippen LogP contribution in [0.25, 0.3) is 11.4 Å². The highest BCUT2D eigenvalue weighted by Gasteiger charge is 2.08. The summed E-state index contributed by atoms with van der Waals surface area (Å²) in [5, 5.41) is 8.66. The molecule has 92 valence electrons. The Bertz CT molecular complexity index is 552. The first kappa shape index (κ1) is 12.0. The Hall–Kier alpha value is -2.43. The van der Waals surface area contributed by atoms with Gasteiger partial charge in [0.05, 0.1) is 19.1 Å². The molecule has 0 aliphatic rings. The quantitative estimate of drug-likeness (QED) is 0.887. The number of methoxy groups -OCH3 is 1. The number of carbonyl (C=O) groups is 1. The van der Waals surface area contributed by atoms with E-state index in [1.807, 2.05) is 24.3 Å². The monoisotopic (exact) mass is 244 g/mol. The van der Waals surface area contributed by atoms with Crippen LogP contribution in [0.3, 0.4) is 0 Å². The third-order valence-electron chi connectivity index (χ3n) is 2.41. The molecule has 0 radical (unpaired) electrons. The van der Waals surface area contributed by atoms with Gasteiger partial charge in [0.25, 0.3) is 0 Å². The summed E-state index contributed by atoms with van der Waals surface area (Å²) < 4.78 is 5.22. The molecule has 1 aromatic carbocycles. The Kier molecular flexibility index (Phi) is 3.52. The van der Waals surface area contributed by atoms with E-state index in [-0.39, 0.29) is 6.42 Å². The molecule has 2 aromatic rings. The highest BCUT2D eigenvalue weighted by atomic mass is 16.5. The number of aromatic nitrogens is 2. The molecule has 1 heterocycles. The smallest absolute Gasteiger partial charge is 0.307 e. The summed E-state index contributed by atoms with van der Waals surface area (Å²) in [5.74, 6) is 0.300. The fourth-order valence-electron chi connectivity index (χ4n) is 1.59. The first-order valence-corrected chi connectivity index (χ1v) is 5.37. The zero-order chi connectivity index (χ0) is 13.0. The molecule has 18 heavy (non-hydrogen) atoms. The number of benzene rings is 1. The molecule has 0 spiro atoms. The lowest BCUT2D eigenvalue weighted by Gasteiger charge is -2.06. The Morgan fingerprint density at radius 1 is 1.28 bits per heavy atom. The molecule has 0 amide bonds. The predicted octanol–water partition coefficient (Wildman–Crippen LogP) is 1.78. The van der Waals surface area contributed by atoms with Crippen molar-refractivity contribution in [3.05, 3.63) is 42.2 Å². The molecule has 1 aromatic heterocycles. The third kappa shape index (κ3) is 2.63. The fourth-order valence-corrected chi connectivity index (χ4v) is 1.59. The molecule has 2 rings (SSSR count). The van der Waals surface area contributed by atoms with Crippen LogP contribution >= 0.6 is 0 Å². The average Bonchev–Trinajstić information content (AvgIpc) is 2.39. The van der Waals surface area contributed by atoms with Crippen molar-refractivity contribution < 1.29 is 14.6 Å². The van der Waals surface area contributed by atoms with Crippen molar-refractivity contribution in [2.24, 2.45) is 0 Å². The number of aliphatic carboxylic acids is 1. The second-order valence-electron chi connectivity index (χ2n) is 3.69. The van der Waals surface area contributed by atoms with E-state index in [2.05, 4.69) is 9.97 Å². The maximum absolute atomic E-state index is 10.5. The summed E-state index contributed by atoms with van der Waals surface area (Å²) in [7, 11) is 1.58. The number of carboxylic acid groups (broad SMARTS) is 1. The summed E-state index contributed by atoms with van der Waals surface area (Å²) in [4.78, 5) is 18.9. The minimum absolute atomic E-state index is 0.0772. The topological polar surface area (TPSA) is 72.3 Å². The van der Waals surface area contributed by atoms with Crippen LogP contribution in [0, 0.1) is 0 Å². The van der Waals surface area contributed by atoms with Gasteiger partial charge in [0.1, 0.15) is 5.75 Å². The van der Waals surface area contributed by atoms with Crippen molar-refractivity contribution in [3.8, 4) is 17.1 Å². The minimum atomic E-state index is -0.899. The fraction of sp³-hybridized carbons (Fsp3) is 0.154. The van der Waals surface area contributed by atoms with Crippen molar-refractivity contribution in [1.82, 2.24) is 9.97 Å². The number of hydrogen-bond donors (Lipinski definition) is 1. The highest BCUT2D eigenvalue weighted by molar-refractivity contribution is 5.70. The molecule has 5 heteroatoms. The van der Waals surface area contributed by atoms with Crippen LogP contribution in [0.4, 0.5) is 0 Å². The predicted molar refractivity (Wildman–Crippen MR) is 65.4 cm³/mol. The number of rotatable bonds is 4. The normalized spacial score (nSPS) is 10.1. The van der Waals surface area contributed by atoms with E-state index in [1.54, 1.807) is 7.11 Å². The Morgan fingerprint density at radius 2 is 1.94 bits per heavy atom. The van der Waals surface area contributed by atoms with Crippen molar-refractivity contribution in [1.29, 1.82) is 0 Å². The van der Waals surface area contributed by atoms with Gasteiger partial charge in [-0.3, -0.25) is 4.79 Å². The molecule has 0 atom stereocenters. The van der Waals surface area contributed by atoms with Gasteiger partial charge >= 0.3 is 5.97 Å². The van der Waals surface area contributed by atoms with E-state index in [1.165, 1.54) is 12.4 Å². The van der Waals surface area contributed by atoms with E-state index in [0.717, 1.165) is 5.56 Å². The zero-order valence-electron chi connectivity index (χ0n) is 9.83. The maximum Gasteiger partial charge on any atom is 0.307 e. The van der Waals surface area contributed by atoms with Crippen LogP contribution in [0.5, 0.6) is 5.75 Å². The summed E-state index contributed by atoms with van der Waals surface area (Å²) in [6.45, 7) is 0. The summed E-state index contributed by atoms with van der Waals surface area (Å²) in [6.07, 6.45) is 2.96. The van der Waals surface area contributed by atoms with E-state index in [9.17, 15) is 4.79 Å². The highest BCUT2D eigenvalue weighted by Crippen LogP contribution is 2.26. The van der Waals surface area contributed by atoms with Crippen molar-refractivity contribution in [3.63, 3.8) is 0 Å². The van der Waals surface area contributed by atoms with Crippen LogP contribution in [0.2, 0.25) is 0 Å².